The van der Waals surface area contributed by atoms with Crippen LogP contribution in [0.15, 0.2) is 22.4 Å². The molecule has 1 heterocycles. The molecule has 102 valence electrons. The molecule has 18 heavy (non-hydrogen) atoms. The molecule has 0 spiro atoms. The number of hydrogen-bond acceptors (Lipinski definition) is 5. The maximum absolute atomic E-state index is 12.3. The Balaban J connectivity index is 3.09. The first kappa shape index (κ1) is 14.5. The van der Waals surface area contributed by atoms with Crippen LogP contribution in [0.2, 0.25) is 0 Å². The highest BCUT2D eigenvalue weighted by atomic mass is 32.2. The molecule has 0 saturated carbocycles. The number of amidine groups is 1. The SMILES string of the molecule is CCCN(CC(N)=NO)S(=O)(=O)c1ccnn1C. The van der Waals surface area contributed by atoms with E-state index in [1.165, 1.54) is 16.9 Å². The molecule has 0 atom stereocenters. The average molecular weight is 275 g/mol. The van der Waals surface area contributed by atoms with E-state index >= 15 is 0 Å². The molecule has 0 aliphatic carbocycles. The van der Waals surface area contributed by atoms with E-state index in [0.717, 1.165) is 4.31 Å². The Hall–Kier alpha value is -1.61. The van der Waals surface area contributed by atoms with Crippen molar-refractivity contribution in [1.82, 2.24) is 14.1 Å². The summed E-state index contributed by atoms with van der Waals surface area (Å²) in [5.41, 5.74) is 5.36. The molecule has 8 nitrogen and oxygen atoms in total. The van der Waals surface area contributed by atoms with Crippen LogP contribution >= 0.6 is 0 Å². The van der Waals surface area contributed by atoms with Crippen molar-refractivity contribution in [3.8, 4) is 0 Å². The van der Waals surface area contributed by atoms with Crippen molar-refractivity contribution in [2.24, 2.45) is 17.9 Å². The van der Waals surface area contributed by atoms with Gasteiger partial charge in [-0.05, 0) is 12.5 Å². The highest BCUT2D eigenvalue weighted by Gasteiger charge is 2.27. The summed E-state index contributed by atoms with van der Waals surface area (Å²) >= 11 is 0. The molecule has 0 aliphatic rings. The Morgan fingerprint density at radius 3 is 2.78 bits per heavy atom. The zero-order valence-electron chi connectivity index (χ0n) is 10.3. The Kier molecular flexibility index (Phi) is 4.68. The van der Waals surface area contributed by atoms with Gasteiger partial charge in [0.05, 0.1) is 12.7 Å². The van der Waals surface area contributed by atoms with E-state index < -0.39 is 10.0 Å². The number of aromatic nitrogens is 2. The fraction of sp³-hybridized carbons (Fsp3) is 0.556. The summed E-state index contributed by atoms with van der Waals surface area (Å²) in [4.78, 5) is 0. The summed E-state index contributed by atoms with van der Waals surface area (Å²) in [5, 5.41) is 15.2. The Bertz CT molecular complexity index is 522. The lowest BCUT2D eigenvalue weighted by molar-refractivity contribution is 0.314. The number of sulfonamides is 1. The third-order valence-corrected chi connectivity index (χ3v) is 4.24. The predicted octanol–water partition coefficient (Wildman–Crippen LogP) is -0.433. The summed E-state index contributed by atoms with van der Waals surface area (Å²) in [7, 11) is -2.15. The Labute approximate surface area is 106 Å². The topological polar surface area (TPSA) is 114 Å². The van der Waals surface area contributed by atoms with Crippen molar-refractivity contribution in [3.05, 3.63) is 12.3 Å². The van der Waals surface area contributed by atoms with Crippen molar-refractivity contribution in [2.45, 2.75) is 18.4 Å². The van der Waals surface area contributed by atoms with Gasteiger partial charge >= 0.3 is 0 Å². The zero-order chi connectivity index (χ0) is 13.8. The van der Waals surface area contributed by atoms with Crippen LogP contribution in [-0.4, -0.2) is 46.6 Å². The largest absolute Gasteiger partial charge is 0.409 e. The highest BCUT2D eigenvalue weighted by molar-refractivity contribution is 7.89. The minimum absolute atomic E-state index is 0.0710. The number of nitrogens with two attached hydrogens (primary N) is 1. The number of aryl methyl sites for hydroxylation is 1. The molecule has 0 bridgehead atoms. The van der Waals surface area contributed by atoms with Crippen LogP contribution in [0.1, 0.15) is 13.3 Å². The van der Waals surface area contributed by atoms with Crippen molar-refractivity contribution in [1.29, 1.82) is 0 Å². The van der Waals surface area contributed by atoms with Crippen molar-refractivity contribution < 1.29 is 13.6 Å². The van der Waals surface area contributed by atoms with Gasteiger partial charge in [0.1, 0.15) is 0 Å². The fourth-order valence-electron chi connectivity index (χ4n) is 1.49. The van der Waals surface area contributed by atoms with E-state index in [9.17, 15) is 8.42 Å². The molecule has 0 aliphatic heterocycles. The van der Waals surface area contributed by atoms with Gasteiger partial charge in [-0.2, -0.15) is 9.40 Å². The van der Waals surface area contributed by atoms with E-state index in [1.807, 2.05) is 6.92 Å². The summed E-state index contributed by atoms with van der Waals surface area (Å²) in [6.45, 7) is 1.97. The standard InChI is InChI=1S/C9H17N5O3S/c1-3-6-14(7-8(10)12-15)18(16,17)9-4-5-11-13(9)2/h4-5,15H,3,6-7H2,1-2H3,(H2,10,12). The van der Waals surface area contributed by atoms with E-state index in [4.69, 9.17) is 10.9 Å². The van der Waals surface area contributed by atoms with E-state index in [1.54, 1.807) is 7.05 Å². The molecule has 0 saturated heterocycles. The van der Waals surface area contributed by atoms with Gasteiger partial charge in [-0.3, -0.25) is 4.68 Å². The van der Waals surface area contributed by atoms with Gasteiger partial charge in [0, 0.05) is 13.6 Å². The molecule has 0 radical (unpaired) electrons. The second-order valence-electron chi connectivity index (χ2n) is 3.72. The molecule has 1 rings (SSSR count). The molecule has 0 amide bonds. The average Bonchev–Trinajstić information content (AvgIpc) is 2.75. The third kappa shape index (κ3) is 2.99. The Morgan fingerprint density at radius 2 is 2.33 bits per heavy atom. The highest BCUT2D eigenvalue weighted by Crippen LogP contribution is 2.14. The molecule has 9 heteroatoms. The molecular weight excluding hydrogens is 258 g/mol. The molecule has 1 aromatic rings. The molecule has 1 aromatic heterocycles. The molecule has 3 N–H and O–H groups in total. The van der Waals surface area contributed by atoms with Crippen molar-refractivity contribution >= 4 is 15.9 Å². The van der Waals surface area contributed by atoms with Gasteiger partial charge in [-0.15, -0.1) is 0 Å². The summed E-state index contributed by atoms with van der Waals surface area (Å²) in [6, 6.07) is 1.41. The van der Waals surface area contributed by atoms with Gasteiger partial charge < -0.3 is 10.9 Å². The van der Waals surface area contributed by atoms with Crippen LogP contribution in [0.3, 0.4) is 0 Å². The van der Waals surface area contributed by atoms with Crippen LogP contribution in [0.4, 0.5) is 0 Å². The molecule has 0 aromatic carbocycles. The predicted molar refractivity (Wildman–Crippen MR) is 65.7 cm³/mol. The molecule has 0 fully saturated rings. The second kappa shape index (κ2) is 5.83. The van der Waals surface area contributed by atoms with E-state index in [-0.39, 0.29) is 24.0 Å². The zero-order valence-corrected chi connectivity index (χ0v) is 11.1. The van der Waals surface area contributed by atoms with Gasteiger partial charge in [-0.1, -0.05) is 12.1 Å². The minimum Gasteiger partial charge on any atom is -0.409 e. The van der Waals surface area contributed by atoms with Crippen LogP contribution in [-0.2, 0) is 17.1 Å². The van der Waals surface area contributed by atoms with Crippen molar-refractivity contribution in [2.75, 3.05) is 13.1 Å². The summed E-state index contributed by atoms with van der Waals surface area (Å²) in [5.74, 6) is -0.158. The summed E-state index contributed by atoms with van der Waals surface area (Å²) < 4.78 is 27.1. The van der Waals surface area contributed by atoms with Crippen LogP contribution in [0.5, 0.6) is 0 Å². The minimum atomic E-state index is -3.69. The first-order valence-corrected chi connectivity index (χ1v) is 6.82. The number of hydrogen-bond donors (Lipinski definition) is 2. The van der Waals surface area contributed by atoms with E-state index in [2.05, 4.69) is 10.3 Å². The van der Waals surface area contributed by atoms with Crippen LogP contribution < -0.4 is 5.73 Å². The second-order valence-corrected chi connectivity index (χ2v) is 5.61. The monoisotopic (exact) mass is 275 g/mol. The number of nitrogens with zero attached hydrogens (tertiary/aromatic N) is 4. The maximum atomic E-state index is 12.3. The smallest absolute Gasteiger partial charge is 0.260 e. The van der Waals surface area contributed by atoms with Crippen LogP contribution in [0, 0.1) is 0 Å². The van der Waals surface area contributed by atoms with Gasteiger partial charge in [-0.25, -0.2) is 8.42 Å². The third-order valence-electron chi connectivity index (χ3n) is 2.32. The normalized spacial score (nSPS) is 13.2. The van der Waals surface area contributed by atoms with Crippen LogP contribution in [0.25, 0.3) is 0 Å². The van der Waals surface area contributed by atoms with Gasteiger partial charge in [0.25, 0.3) is 10.0 Å². The van der Waals surface area contributed by atoms with E-state index in [0.29, 0.717) is 6.42 Å². The Morgan fingerprint density at radius 1 is 1.67 bits per heavy atom. The summed E-state index contributed by atoms with van der Waals surface area (Å²) in [6.07, 6.45) is 2.02. The fourth-order valence-corrected chi connectivity index (χ4v) is 3.10. The lowest BCUT2D eigenvalue weighted by Gasteiger charge is -2.20. The number of rotatable bonds is 6. The van der Waals surface area contributed by atoms with Gasteiger partial charge in [0.15, 0.2) is 10.9 Å². The molecular formula is C9H17N5O3S. The maximum Gasteiger partial charge on any atom is 0.260 e. The molecule has 0 unspecified atom stereocenters. The first-order valence-electron chi connectivity index (χ1n) is 5.38. The lowest BCUT2D eigenvalue weighted by Crippen LogP contribution is -2.39. The quantitative estimate of drug-likeness (QED) is 0.316. The van der Waals surface area contributed by atoms with Crippen molar-refractivity contribution in [3.63, 3.8) is 0 Å². The van der Waals surface area contributed by atoms with Gasteiger partial charge in [0.2, 0.25) is 0 Å². The number of oxime groups is 1. The lowest BCUT2D eigenvalue weighted by atomic mass is 10.4. The first-order chi connectivity index (χ1) is 8.43.